The smallest absolute Gasteiger partial charge is 0.323 e. The van der Waals surface area contributed by atoms with Crippen molar-refractivity contribution in [2.45, 2.75) is 33.2 Å². The van der Waals surface area contributed by atoms with Crippen LogP contribution in [0.4, 0.5) is 21.9 Å². The lowest BCUT2D eigenvalue weighted by Crippen LogP contribution is -2.26. The quantitative estimate of drug-likeness (QED) is 0.400. The van der Waals surface area contributed by atoms with Crippen molar-refractivity contribution in [2.75, 3.05) is 35.2 Å². The van der Waals surface area contributed by atoms with Crippen molar-refractivity contribution in [2.24, 2.45) is 0 Å². The lowest BCUT2D eigenvalue weighted by molar-refractivity contribution is 0.0951. The fraction of sp³-hybridized carbons (Fsp3) is 0.286. The van der Waals surface area contributed by atoms with Gasteiger partial charge in [-0.1, -0.05) is 29.8 Å². The maximum absolute atomic E-state index is 12.9. The van der Waals surface area contributed by atoms with E-state index in [-0.39, 0.29) is 11.9 Å². The van der Waals surface area contributed by atoms with Gasteiger partial charge in [0.1, 0.15) is 5.75 Å². The van der Waals surface area contributed by atoms with Gasteiger partial charge in [-0.05, 0) is 74.7 Å². The predicted octanol–water partition coefficient (Wildman–Crippen LogP) is 5.57. The van der Waals surface area contributed by atoms with Crippen LogP contribution in [0.5, 0.6) is 5.75 Å². The van der Waals surface area contributed by atoms with E-state index in [9.17, 15) is 9.59 Å². The first-order valence-electron chi connectivity index (χ1n) is 12.1. The number of aryl methyl sites for hydroxylation is 1. The Kier molecular flexibility index (Phi) is 7.88. The second kappa shape index (κ2) is 11.4. The molecule has 4 rings (SSSR count). The topological polar surface area (TPSA) is 82.7 Å². The summed E-state index contributed by atoms with van der Waals surface area (Å²) < 4.78 is 5.45. The molecule has 1 aliphatic rings. The zero-order valence-electron chi connectivity index (χ0n) is 20.3. The van der Waals surface area contributed by atoms with Gasteiger partial charge in [-0.25, -0.2) is 4.79 Å². The highest BCUT2D eigenvalue weighted by atomic mass is 16.5. The van der Waals surface area contributed by atoms with Crippen molar-refractivity contribution in [3.63, 3.8) is 0 Å². The summed E-state index contributed by atoms with van der Waals surface area (Å²) in [6.45, 7) is 6.83. The summed E-state index contributed by atoms with van der Waals surface area (Å²) in [4.78, 5) is 27.9. The van der Waals surface area contributed by atoms with Gasteiger partial charge in [-0.3, -0.25) is 4.79 Å². The minimum absolute atomic E-state index is 0.187. The zero-order chi connectivity index (χ0) is 24.6. The summed E-state index contributed by atoms with van der Waals surface area (Å²) in [6.07, 6.45) is 2.22. The van der Waals surface area contributed by atoms with Crippen LogP contribution in [-0.2, 0) is 6.54 Å². The molecule has 1 fully saturated rings. The molecule has 0 bridgehead atoms. The Morgan fingerprint density at radius 1 is 0.914 bits per heavy atom. The number of anilines is 3. The van der Waals surface area contributed by atoms with E-state index in [2.05, 4.69) is 20.9 Å². The number of hydrogen-bond donors (Lipinski definition) is 3. The SMILES string of the molecule is CCOc1ccc(NC(=O)Nc2cc(C(=O)NCc3ccc(C)cc3)ccc2N2CCCC2)cc1. The van der Waals surface area contributed by atoms with E-state index >= 15 is 0 Å². The first-order chi connectivity index (χ1) is 17.0. The number of rotatable bonds is 8. The second-order valence-electron chi connectivity index (χ2n) is 8.63. The Hall–Kier alpha value is -4.00. The summed E-state index contributed by atoms with van der Waals surface area (Å²) in [5, 5.41) is 8.77. The van der Waals surface area contributed by atoms with Crippen molar-refractivity contribution in [3.8, 4) is 5.75 Å². The standard InChI is InChI=1S/C28H32N4O3/c1-3-35-24-13-11-23(12-14-24)30-28(34)31-25-18-22(10-15-26(25)32-16-4-5-17-32)27(33)29-19-21-8-6-20(2)7-9-21/h6-15,18H,3-5,16-17,19H2,1-2H3,(H,29,33)(H2,30,31,34). The van der Waals surface area contributed by atoms with Gasteiger partial charge >= 0.3 is 6.03 Å². The molecule has 0 radical (unpaired) electrons. The summed E-state index contributed by atoms with van der Waals surface area (Å²) in [6, 6.07) is 20.4. The highest BCUT2D eigenvalue weighted by molar-refractivity contribution is 6.04. The van der Waals surface area contributed by atoms with Gasteiger partial charge in [0.25, 0.3) is 5.91 Å². The van der Waals surface area contributed by atoms with Crippen LogP contribution in [0, 0.1) is 6.92 Å². The van der Waals surface area contributed by atoms with Crippen LogP contribution in [0.2, 0.25) is 0 Å². The van der Waals surface area contributed by atoms with Gasteiger partial charge in [0, 0.05) is 30.9 Å². The largest absolute Gasteiger partial charge is 0.494 e. The average molecular weight is 473 g/mol. The number of benzene rings is 3. The van der Waals surface area contributed by atoms with E-state index in [0.717, 1.165) is 42.9 Å². The second-order valence-corrected chi connectivity index (χ2v) is 8.63. The van der Waals surface area contributed by atoms with E-state index < -0.39 is 0 Å². The van der Waals surface area contributed by atoms with E-state index in [4.69, 9.17) is 4.74 Å². The molecule has 35 heavy (non-hydrogen) atoms. The van der Waals surface area contributed by atoms with Crippen LogP contribution in [-0.4, -0.2) is 31.6 Å². The van der Waals surface area contributed by atoms with E-state index in [1.54, 1.807) is 18.2 Å². The maximum Gasteiger partial charge on any atom is 0.323 e. The molecule has 0 aliphatic carbocycles. The lowest BCUT2D eigenvalue weighted by Gasteiger charge is -2.22. The van der Waals surface area contributed by atoms with Gasteiger partial charge in [0.2, 0.25) is 0 Å². The number of nitrogens with zero attached hydrogens (tertiary/aromatic N) is 1. The van der Waals surface area contributed by atoms with Gasteiger partial charge < -0.3 is 25.6 Å². The van der Waals surface area contributed by atoms with Crippen molar-refractivity contribution in [1.82, 2.24) is 5.32 Å². The molecule has 0 aromatic heterocycles. The summed E-state index contributed by atoms with van der Waals surface area (Å²) in [5.41, 5.74) is 4.89. The number of ether oxygens (including phenoxy) is 1. The molecule has 7 heteroatoms. The van der Waals surface area contributed by atoms with E-state index in [1.807, 2.05) is 62.4 Å². The van der Waals surface area contributed by atoms with Crippen molar-refractivity contribution in [1.29, 1.82) is 0 Å². The Morgan fingerprint density at radius 2 is 1.63 bits per heavy atom. The first kappa shape index (κ1) is 24.1. The Bertz CT molecular complexity index is 1150. The number of nitrogens with one attached hydrogen (secondary N) is 3. The van der Waals surface area contributed by atoms with Crippen LogP contribution >= 0.6 is 0 Å². The number of carbonyl (C=O) groups excluding carboxylic acids is 2. The number of urea groups is 1. The number of carbonyl (C=O) groups is 2. The highest BCUT2D eigenvalue weighted by Gasteiger charge is 2.19. The molecule has 1 heterocycles. The normalized spacial score (nSPS) is 12.8. The molecule has 1 saturated heterocycles. The molecule has 182 valence electrons. The molecule has 1 aliphatic heterocycles. The molecule has 0 atom stereocenters. The molecule has 3 aromatic rings. The van der Waals surface area contributed by atoms with Gasteiger partial charge in [0.15, 0.2) is 0 Å². The van der Waals surface area contributed by atoms with Crippen molar-refractivity contribution >= 4 is 29.0 Å². The Morgan fingerprint density at radius 3 is 2.31 bits per heavy atom. The van der Waals surface area contributed by atoms with E-state index in [1.165, 1.54) is 5.56 Å². The fourth-order valence-electron chi connectivity index (χ4n) is 4.09. The Labute approximate surface area is 206 Å². The third-order valence-electron chi connectivity index (χ3n) is 5.95. The van der Waals surface area contributed by atoms with Crippen LogP contribution < -0.4 is 25.6 Å². The van der Waals surface area contributed by atoms with E-state index in [0.29, 0.717) is 30.1 Å². The lowest BCUT2D eigenvalue weighted by atomic mass is 10.1. The third kappa shape index (κ3) is 6.53. The monoisotopic (exact) mass is 472 g/mol. The van der Waals surface area contributed by atoms with Gasteiger partial charge in [-0.2, -0.15) is 0 Å². The minimum atomic E-state index is -0.369. The van der Waals surface area contributed by atoms with Crippen LogP contribution in [0.15, 0.2) is 66.7 Å². The Balaban J connectivity index is 1.47. The summed E-state index contributed by atoms with van der Waals surface area (Å²) in [7, 11) is 0. The van der Waals surface area contributed by atoms with Gasteiger partial charge in [0.05, 0.1) is 18.0 Å². The maximum atomic E-state index is 12.9. The molecule has 3 amide bonds. The van der Waals surface area contributed by atoms with Crippen LogP contribution in [0.25, 0.3) is 0 Å². The molecule has 3 N–H and O–H groups in total. The fourth-order valence-corrected chi connectivity index (χ4v) is 4.09. The minimum Gasteiger partial charge on any atom is -0.494 e. The van der Waals surface area contributed by atoms with Crippen molar-refractivity contribution in [3.05, 3.63) is 83.4 Å². The van der Waals surface area contributed by atoms with Crippen LogP contribution in [0.3, 0.4) is 0 Å². The molecular weight excluding hydrogens is 440 g/mol. The van der Waals surface area contributed by atoms with Gasteiger partial charge in [-0.15, -0.1) is 0 Å². The molecule has 0 unspecified atom stereocenters. The average Bonchev–Trinajstić information content (AvgIpc) is 3.39. The number of hydrogen-bond acceptors (Lipinski definition) is 4. The highest BCUT2D eigenvalue weighted by Crippen LogP contribution is 2.30. The first-order valence-corrected chi connectivity index (χ1v) is 12.1. The molecule has 0 spiro atoms. The molecule has 7 nitrogen and oxygen atoms in total. The zero-order valence-corrected chi connectivity index (χ0v) is 20.3. The number of amides is 3. The van der Waals surface area contributed by atoms with Crippen molar-refractivity contribution < 1.29 is 14.3 Å². The summed E-state index contributed by atoms with van der Waals surface area (Å²) in [5.74, 6) is 0.563. The third-order valence-corrected chi connectivity index (χ3v) is 5.95. The molecular formula is C28H32N4O3. The molecule has 0 saturated carbocycles. The summed E-state index contributed by atoms with van der Waals surface area (Å²) >= 11 is 0. The van der Waals surface area contributed by atoms with Crippen LogP contribution in [0.1, 0.15) is 41.3 Å². The molecule has 3 aromatic carbocycles. The predicted molar refractivity (Wildman–Crippen MR) is 140 cm³/mol.